The summed E-state index contributed by atoms with van der Waals surface area (Å²) in [7, 11) is 0. The monoisotopic (exact) mass is 302 g/mol. The molecular formula is C14H14N4O2S. The third-order valence-electron chi connectivity index (χ3n) is 3.54. The summed E-state index contributed by atoms with van der Waals surface area (Å²) in [5.41, 5.74) is 1.64. The van der Waals surface area contributed by atoms with Crippen LogP contribution in [-0.2, 0) is 4.74 Å². The Kier molecular flexibility index (Phi) is 3.08. The van der Waals surface area contributed by atoms with E-state index in [-0.39, 0.29) is 5.92 Å². The van der Waals surface area contributed by atoms with Crippen LogP contribution in [-0.4, -0.2) is 33.6 Å². The van der Waals surface area contributed by atoms with Crippen molar-refractivity contribution in [3.8, 4) is 22.2 Å². The lowest BCUT2D eigenvalue weighted by Gasteiger charge is -1.97. The summed E-state index contributed by atoms with van der Waals surface area (Å²) in [6.45, 7) is 3.51. The second kappa shape index (κ2) is 5.09. The molecule has 1 aliphatic rings. The molecule has 3 aromatic rings. The predicted octanol–water partition coefficient (Wildman–Crippen LogP) is 3.00. The van der Waals surface area contributed by atoms with Crippen molar-refractivity contribution in [2.45, 2.75) is 19.3 Å². The molecule has 0 aliphatic carbocycles. The average molecular weight is 302 g/mol. The maximum Gasteiger partial charge on any atom is 0.278 e. The first-order valence-corrected chi connectivity index (χ1v) is 7.65. The zero-order chi connectivity index (χ0) is 14.2. The van der Waals surface area contributed by atoms with Crippen LogP contribution in [0.5, 0.6) is 0 Å². The van der Waals surface area contributed by atoms with Crippen LogP contribution in [0.15, 0.2) is 22.7 Å². The Balaban J connectivity index is 1.60. The van der Waals surface area contributed by atoms with E-state index >= 15 is 0 Å². The van der Waals surface area contributed by atoms with Gasteiger partial charge in [0.15, 0.2) is 11.5 Å². The molecule has 1 atom stereocenters. The van der Waals surface area contributed by atoms with Crippen molar-refractivity contribution in [2.24, 2.45) is 0 Å². The van der Waals surface area contributed by atoms with Gasteiger partial charge in [0.2, 0.25) is 0 Å². The molecule has 0 bridgehead atoms. The number of H-pyrrole nitrogens is 1. The molecule has 4 rings (SSSR count). The predicted molar refractivity (Wildman–Crippen MR) is 78.1 cm³/mol. The topological polar surface area (TPSA) is 76.8 Å². The lowest BCUT2D eigenvalue weighted by atomic mass is 10.1. The number of nitrogens with zero attached hydrogens (tertiary/aromatic N) is 3. The standard InChI is InChI=1S/C14H14N4O2S/c1-8-2-3-12(21-8)10-6-11(17-16-10)14-15-13(18-20-14)9-4-5-19-7-9/h2-3,6,9H,4-5,7H2,1H3,(H,16,17)/t9-/m1/s1. The summed E-state index contributed by atoms with van der Waals surface area (Å²) in [4.78, 5) is 6.85. The maximum atomic E-state index is 5.35. The van der Waals surface area contributed by atoms with E-state index in [0.717, 1.165) is 23.6 Å². The molecule has 108 valence electrons. The highest BCUT2D eigenvalue weighted by molar-refractivity contribution is 7.15. The molecule has 1 N–H and O–H groups in total. The van der Waals surface area contributed by atoms with E-state index in [0.29, 0.717) is 24.0 Å². The van der Waals surface area contributed by atoms with Crippen LogP contribution in [0.1, 0.15) is 23.0 Å². The molecule has 0 spiro atoms. The number of ether oxygens (including phenoxy) is 1. The zero-order valence-electron chi connectivity index (χ0n) is 11.5. The molecule has 21 heavy (non-hydrogen) atoms. The Morgan fingerprint density at radius 3 is 3.10 bits per heavy atom. The van der Waals surface area contributed by atoms with Gasteiger partial charge in [0.05, 0.1) is 17.2 Å². The van der Waals surface area contributed by atoms with E-state index in [1.165, 1.54) is 4.88 Å². The molecule has 6 nitrogen and oxygen atoms in total. The summed E-state index contributed by atoms with van der Waals surface area (Å²) in [5.74, 6) is 1.40. The minimum atomic E-state index is 0.237. The van der Waals surface area contributed by atoms with Gasteiger partial charge in [0.1, 0.15) is 0 Å². The highest BCUT2D eigenvalue weighted by Crippen LogP contribution is 2.29. The third kappa shape index (κ3) is 2.38. The van der Waals surface area contributed by atoms with Gasteiger partial charge in [-0.3, -0.25) is 5.10 Å². The van der Waals surface area contributed by atoms with Crippen molar-refractivity contribution < 1.29 is 9.26 Å². The molecule has 0 saturated carbocycles. The number of aryl methyl sites for hydroxylation is 1. The van der Waals surface area contributed by atoms with Gasteiger partial charge in [-0.25, -0.2) is 0 Å². The minimum absolute atomic E-state index is 0.237. The van der Waals surface area contributed by atoms with Gasteiger partial charge in [-0.15, -0.1) is 11.3 Å². The lowest BCUT2D eigenvalue weighted by Crippen LogP contribution is -1.99. The molecule has 0 unspecified atom stereocenters. The van der Waals surface area contributed by atoms with Crippen molar-refractivity contribution in [3.63, 3.8) is 0 Å². The van der Waals surface area contributed by atoms with Crippen molar-refractivity contribution in [2.75, 3.05) is 13.2 Å². The van der Waals surface area contributed by atoms with Crippen LogP contribution in [0.3, 0.4) is 0 Å². The number of hydrogen-bond donors (Lipinski definition) is 1. The Labute approximate surface area is 125 Å². The summed E-state index contributed by atoms with van der Waals surface area (Å²) >= 11 is 1.72. The maximum absolute atomic E-state index is 5.35. The van der Waals surface area contributed by atoms with Crippen molar-refractivity contribution in [3.05, 3.63) is 28.9 Å². The van der Waals surface area contributed by atoms with Gasteiger partial charge in [-0.1, -0.05) is 5.16 Å². The number of rotatable bonds is 3. The molecule has 0 amide bonds. The number of aromatic nitrogens is 4. The zero-order valence-corrected chi connectivity index (χ0v) is 12.3. The van der Waals surface area contributed by atoms with E-state index in [1.807, 2.05) is 6.07 Å². The van der Waals surface area contributed by atoms with Gasteiger partial charge < -0.3 is 9.26 Å². The highest BCUT2D eigenvalue weighted by Gasteiger charge is 2.24. The normalized spacial score (nSPS) is 18.4. The van der Waals surface area contributed by atoms with Crippen LogP contribution in [0, 0.1) is 6.92 Å². The van der Waals surface area contributed by atoms with Gasteiger partial charge in [-0.05, 0) is 31.5 Å². The molecule has 4 heterocycles. The minimum Gasteiger partial charge on any atom is -0.381 e. The summed E-state index contributed by atoms with van der Waals surface area (Å²) < 4.78 is 10.7. The van der Waals surface area contributed by atoms with Crippen LogP contribution in [0.4, 0.5) is 0 Å². The molecule has 0 radical (unpaired) electrons. The fraction of sp³-hybridized carbons (Fsp3) is 0.357. The molecule has 1 saturated heterocycles. The first-order chi connectivity index (χ1) is 10.3. The summed E-state index contributed by atoms with van der Waals surface area (Å²) in [6.07, 6.45) is 0.944. The van der Waals surface area contributed by atoms with Crippen LogP contribution < -0.4 is 0 Å². The van der Waals surface area contributed by atoms with E-state index in [2.05, 4.69) is 39.4 Å². The lowest BCUT2D eigenvalue weighted by molar-refractivity contribution is 0.192. The third-order valence-corrected chi connectivity index (χ3v) is 4.57. The Morgan fingerprint density at radius 2 is 2.33 bits per heavy atom. The number of hydrogen-bond acceptors (Lipinski definition) is 6. The SMILES string of the molecule is Cc1ccc(-c2cc(-c3nc([C@@H]4CCOC4)no3)n[nH]2)s1. The Morgan fingerprint density at radius 1 is 1.38 bits per heavy atom. The van der Waals surface area contributed by atoms with E-state index in [1.54, 1.807) is 11.3 Å². The Hall–Kier alpha value is -1.99. The Bertz CT molecular complexity index is 754. The second-order valence-electron chi connectivity index (χ2n) is 5.10. The molecule has 1 aliphatic heterocycles. The van der Waals surface area contributed by atoms with Gasteiger partial charge in [-0.2, -0.15) is 10.1 Å². The second-order valence-corrected chi connectivity index (χ2v) is 6.38. The fourth-order valence-corrected chi connectivity index (χ4v) is 3.21. The summed E-state index contributed by atoms with van der Waals surface area (Å²) in [5, 5.41) is 11.3. The quantitative estimate of drug-likeness (QED) is 0.804. The number of aromatic amines is 1. The van der Waals surface area contributed by atoms with Crippen molar-refractivity contribution in [1.82, 2.24) is 20.3 Å². The molecule has 0 aromatic carbocycles. The number of nitrogens with one attached hydrogen (secondary N) is 1. The molecular weight excluding hydrogens is 288 g/mol. The largest absolute Gasteiger partial charge is 0.381 e. The van der Waals surface area contributed by atoms with Gasteiger partial charge in [0, 0.05) is 17.4 Å². The fourth-order valence-electron chi connectivity index (χ4n) is 2.38. The summed E-state index contributed by atoms with van der Waals surface area (Å²) in [6, 6.07) is 6.10. The van der Waals surface area contributed by atoms with Crippen molar-refractivity contribution >= 4 is 11.3 Å². The van der Waals surface area contributed by atoms with Crippen LogP contribution in [0.2, 0.25) is 0 Å². The first-order valence-electron chi connectivity index (χ1n) is 6.83. The smallest absolute Gasteiger partial charge is 0.278 e. The number of thiophene rings is 1. The molecule has 7 heteroatoms. The van der Waals surface area contributed by atoms with Crippen molar-refractivity contribution in [1.29, 1.82) is 0 Å². The van der Waals surface area contributed by atoms with Gasteiger partial charge in [0.25, 0.3) is 5.89 Å². The van der Waals surface area contributed by atoms with Crippen LogP contribution in [0.25, 0.3) is 22.2 Å². The van der Waals surface area contributed by atoms with Gasteiger partial charge >= 0.3 is 0 Å². The molecule has 3 aromatic heterocycles. The van der Waals surface area contributed by atoms with Crippen LogP contribution >= 0.6 is 11.3 Å². The van der Waals surface area contributed by atoms with E-state index in [9.17, 15) is 0 Å². The highest BCUT2D eigenvalue weighted by atomic mass is 32.1. The van der Waals surface area contributed by atoms with E-state index < -0.39 is 0 Å². The van der Waals surface area contributed by atoms with E-state index in [4.69, 9.17) is 9.26 Å². The average Bonchev–Trinajstić information content (AvgIpc) is 3.25. The molecule has 1 fully saturated rings. The first kappa shape index (κ1) is 12.7.